The van der Waals surface area contributed by atoms with Gasteiger partial charge in [0, 0.05) is 32.6 Å². The Hall–Kier alpha value is -2.82. The lowest BCUT2D eigenvalue weighted by molar-refractivity contribution is -0.140. The van der Waals surface area contributed by atoms with Gasteiger partial charge in [0.05, 0.1) is 0 Å². The van der Waals surface area contributed by atoms with Gasteiger partial charge in [-0.3, -0.25) is 9.59 Å². The fourth-order valence-corrected chi connectivity index (χ4v) is 3.41. The number of benzene rings is 2. The first-order valence-electron chi connectivity index (χ1n) is 10.2. The zero-order chi connectivity index (χ0) is 20.8. The molecule has 1 aliphatic heterocycles. The topological polar surface area (TPSA) is 49.9 Å². The van der Waals surface area contributed by atoms with E-state index in [9.17, 15) is 9.59 Å². The fraction of sp³-hybridized carbons (Fsp3) is 0.417. The van der Waals surface area contributed by atoms with Crippen molar-refractivity contribution in [1.29, 1.82) is 0 Å². The summed E-state index contributed by atoms with van der Waals surface area (Å²) in [6, 6.07) is 14.1. The van der Waals surface area contributed by atoms with E-state index in [0.29, 0.717) is 38.3 Å². The molecule has 1 heterocycles. The maximum Gasteiger partial charge on any atom is 0.260 e. The van der Waals surface area contributed by atoms with Crippen molar-refractivity contribution in [2.24, 2.45) is 0 Å². The minimum absolute atomic E-state index is 0.0316. The zero-order valence-electron chi connectivity index (χ0n) is 17.6. The molecule has 0 bridgehead atoms. The van der Waals surface area contributed by atoms with Crippen molar-refractivity contribution in [2.45, 2.75) is 33.6 Å². The number of rotatable bonds is 6. The lowest BCUT2D eigenvalue weighted by Gasteiger charge is -2.34. The van der Waals surface area contributed by atoms with E-state index < -0.39 is 0 Å². The molecule has 0 unspecified atom stereocenters. The van der Waals surface area contributed by atoms with Crippen LogP contribution in [0.15, 0.2) is 42.5 Å². The summed E-state index contributed by atoms with van der Waals surface area (Å²) >= 11 is 0. The van der Waals surface area contributed by atoms with E-state index in [4.69, 9.17) is 4.74 Å². The van der Waals surface area contributed by atoms with Crippen LogP contribution in [0, 0.1) is 20.8 Å². The zero-order valence-corrected chi connectivity index (χ0v) is 17.6. The number of aryl methyl sites for hydroxylation is 4. The third-order valence-electron chi connectivity index (χ3n) is 5.57. The van der Waals surface area contributed by atoms with Crippen LogP contribution in [0.1, 0.15) is 28.7 Å². The van der Waals surface area contributed by atoms with Crippen LogP contribution in [-0.2, 0) is 16.0 Å². The number of nitrogens with zero attached hydrogens (tertiary/aromatic N) is 2. The number of hydrogen-bond donors (Lipinski definition) is 0. The lowest BCUT2D eigenvalue weighted by Crippen LogP contribution is -2.51. The van der Waals surface area contributed by atoms with Gasteiger partial charge < -0.3 is 14.5 Å². The third-order valence-corrected chi connectivity index (χ3v) is 5.57. The van der Waals surface area contributed by atoms with Crippen LogP contribution in [-0.4, -0.2) is 54.4 Å². The van der Waals surface area contributed by atoms with Crippen molar-refractivity contribution >= 4 is 11.8 Å². The summed E-state index contributed by atoms with van der Waals surface area (Å²) in [5.74, 6) is 0.838. The molecule has 0 radical (unpaired) electrons. The quantitative estimate of drug-likeness (QED) is 0.755. The molecule has 154 valence electrons. The van der Waals surface area contributed by atoms with Crippen LogP contribution in [0.2, 0.25) is 0 Å². The molecule has 1 aliphatic rings. The maximum absolute atomic E-state index is 12.5. The molecule has 2 amide bonds. The van der Waals surface area contributed by atoms with Gasteiger partial charge in [-0.2, -0.15) is 0 Å². The molecule has 0 aromatic heterocycles. The van der Waals surface area contributed by atoms with Crippen molar-refractivity contribution in [1.82, 2.24) is 9.80 Å². The molecule has 3 rings (SSSR count). The first-order valence-corrected chi connectivity index (χ1v) is 10.2. The molecule has 1 saturated heterocycles. The highest BCUT2D eigenvalue weighted by Gasteiger charge is 2.24. The number of carbonyl (C=O) groups excluding carboxylic acids is 2. The van der Waals surface area contributed by atoms with Crippen LogP contribution in [0.25, 0.3) is 0 Å². The molecule has 1 fully saturated rings. The Balaban J connectivity index is 1.40. The van der Waals surface area contributed by atoms with E-state index in [-0.39, 0.29) is 18.4 Å². The van der Waals surface area contributed by atoms with Gasteiger partial charge in [-0.25, -0.2) is 0 Å². The van der Waals surface area contributed by atoms with E-state index in [0.717, 1.165) is 12.0 Å². The Morgan fingerprint density at radius 1 is 0.828 bits per heavy atom. The first-order chi connectivity index (χ1) is 13.9. The molecule has 0 spiro atoms. The normalized spacial score (nSPS) is 14.0. The predicted octanol–water partition coefficient (Wildman–Crippen LogP) is 3.29. The van der Waals surface area contributed by atoms with Crippen molar-refractivity contribution in [2.75, 3.05) is 32.8 Å². The SMILES string of the molecule is Cc1ccc(CCC(=O)N2CCN(C(=O)COc3ccc(C)c(C)c3)CC2)cc1. The highest BCUT2D eigenvalue weighted by molar-refractivity contribution is 5.79. The van der Waals surface area contributed by atoms with Gasteiger partial charge in [0.2, 0.25) is 5.91 Å². The molecule has 2 aromatic rings. The van der Waals surface area contributed by atoms with Gasteiger partial charge in [-0.15, -0.1) is 0 Å². The molecule has 5 nitrogen and oxygen atoms in total. The molecule has 5 heteroatoms. The van der Waals surface area contributed by atoms with Crippen molar-refractivity contribution in [3.05, 3.63) is 64.7 Å². The van der Waals surface area contributed by atoms with Gasteiger partial charge in [-0.05, 0) is 56.0 Å². The van der Waals surface area contributed by atoms with E-state index in [1.807, 2.05) is 36.9 Å². The van der Waals surface area contributed by atoms with Gasteiger partial charge in [-0.1, -0.05) is 35.9 Å². The predicted molar refractivity (Wildman–Crippen MR) is 114 cm³/mol. The summed E-state index contributed by atoms with van der Waals surface area (Å²) in [7, 11) is 0. The Labute approximate surface area is 173 Å². The summed E-state index contributed by atoms with van der Waals surface area (Å²) in [5, 5.41) is 0. The fourth-order valence-electron chi connectivity index (χ4n) is 3.41. The number of hydrogen-bond acceptors (Lipinski definition) is 3. The largest absolute Gasteiger partial charge is 0.484 e. The summed E-state index contributed by atoms with van der Waals surface area (Å²) in [6.07, 6.45) is 1.26. The highest BCUT2D eigenvalue weighted by atomic mass is 16.5. The van der Waals surface area contributed by atoms with E-state index in [1.54, 1.807) is 4.90 Å². The molecule has 0 saturated carbocycles. The molecular weight excluding hydrogens is 364 g/mol. The number of piperazine rings is 1. The summed E-state index contributed by atoms with van der Waals surface area (Å²) in [4.78, 5) is 28.6. The molecule has 29 heavy (non-hydrogen) atoms. The van der Waals surface area contributed by atoms with Gasteiger partial charge in [0.1, 0.15) is 5.75 Å². The maximum atomic E-state index is 12.5. The average molecular weight is 395 g/mol. The van der Waals surface area contributed by atoms with E-state index >= 15 is 0 Å². The summed E-state index contributed by atoms with van der Waals surface area (Å²) < 4.78 is 5.66. The second-order valence-corrected chi connectivity index (χ2v) is 7.78. The van der Waals surface area contributed by atoms with E-state index in [1.165, 1.54) is 16.7 Å². The molecule has 0 atom stereocenters. The molecule has 2 aromatic carbocycles. The summed E-state index contributed by atoms with van der Waals surface area (Å²) in [6.45, 7) is 8.46. The minimum atomic E-state index is -0.0324. The monoisotopic (exact) mass is 394 g/mol. The second kappa shape index (κ2) is 9.59. The van der Waals surface area contributed by atoms with E-state index in [2.05, 4.69) is 31.2 Å². The Morgan fingerprint density at radius 3 is 2.07 bits per heavy atom. The smallest absolute Gasteiger partial charge is 0.260 e. The van der Waals surface area contributed by atoms with Crippen LogP contribution >= 0.6 is 0 Å². The van der Waals surface area contributed by atoms with Gasteiger partial charge in [0.15, 0.2) is 6.61 Å². The number of carbonyl (C=O) groups is 2. The first kappa shape index (κ1) is 20.9. The summed E-state index contributed by atoms with van der Waals surface area (Å²) in [5.41, 5.74) is 4.75. The Kier molecular flexibility index (Phi) is 6.91. The number of amides is 2. The Morgan fingerprint density at radius 2 is 1.45 bits per heavy atom. The average Bonchev–Trinajstić information content (AvgIpc) is 2.74. The van der Waals surface area contributed by atoms with Crippen molar-refractivity contribution in [3.8, 4) is 5.75 Å². The Bertz CT molecular complexity index is 853. The van der Waals surface area contributed by atoms with Crippen LogP contribution in [0.4, 0.5) is 0 Å². The van der Waals surface area contributed by atoms with Gasteiger partial charge >= 0.3 is 0 Å². The second-order valence-electron chi connectivity index (χ2n) is 7.78. The molecular formula is C24H30N2O3. The highest BCUT2D eigenvalue weighted by Crippen LogP contribution is 2.16. The van der Waals surface area contributed by atoms with Crippen molar-refractivity contribution in [3.63, 3.8) is 0 Å². The van der Waals surface area contributed by atoms with Crippen LogP contribution in [0.5, 0.6) is 5.75 Å². The van der Waals surface area contributed by atoms with Crippen LogP contribution < -0.4 is 4.74 Å². The molecule has 0 N–H and O–H groups in total. The van der Waals surface area contributed by atoms with Crippen molar-refractivity contribution < 1.29 is 14.3 Å². The minimum Gasteiger partial charge on any atom is -0.484 e. The standard InChI is InChI=1S/C24H30N2O3/c1-18-4-7-21(8-5-18)9-11-23(27)25-12-14-26(15-13-25)24(28)17-29-22-10-6-19(2)20(3)16-22/h4-8,10,16H,9,11-15,17H2,1-3H3. The number of ether oxygens (including phenoxy) is 1. The van der Waals surface area contributed by atoms with Gasteiger partial charge in [0.25, 0.3) is 5.91 Å². The third kappa shape index (κ3) is 5.83. The lowest BCUT2D eigenvalue weighted by atomic mass is 10.1. The van der Waals surface area contributed by atoms with Crippen LogP contribution in [0.3, 0.4) is 0 Å². The molecule has 0 aliphatic carbocycles.